The molecule has 0 saturated carbocycles. The summed E-state index contributed by atoms with van der Waals surface area (Å²) in [6.07, 6.45) is 0.426. The molecular formula is C17H28N2O5S. The van der Waals surface area contributed by atoms with Gasteiger partial charge in [0, 0.05) is 6.54 Å². The molecule has 0 amide bonds. The summed E-state index contributed by atoms with van der Waals surface area (Å²) in [6.45, 7) is 7.16. The number of nitrogens with zero attached hydrogens (tertiary/aromatic N) is 1. The molecule has 0 aliphatic carbocycles. The predicted molar refractivity (Wildman–Crippen MR) is 98.6 cm³/mol. The van der Waals surface area contributed by atoms with Crippen LogP contribution in [-0.2, 0) is 14.8 Å². The third-order valence-electron chi connectivity index (χ3n) is 3.97. The molecule has 0 unspecified atom stereocenters. The van der Waals surface area contributed by atoms with Crippen LogP contribution < -0.4 is 9.62 Å². The molecule has 2 atom stereocenters. The first-order chi connectivity index (χ1) is 11.5. The average Bonchev–Trinajstić information content (AvgIpc) is 2.44. The highest BCUT2D eigenvalue weighted by Gasteiger charge is 2.25. The Morgan fingerprint density at radius 2 is 1.76 bits per heavy atom. The Hall–Kier alpha value is -1.64. The molecule has 25 heavy (non-hydrogen) atoms. The summed E-state index contributed by atoms with van der Waals surface area (Å²) < 4.78 is 25.7. The molecule has 7 nitrogen and oxygen atoms in total. The van der Waals surface area contributed by atoms with Crippen LogP contribution in [0.2, 0.25) is 0 Å². The minimum atomic E-state index is -3.60. The largest absolute Gasteiger partial charge is 0.480 e. The number of aliphatic hydroxyl groups excluding tert-OH is 1. The molecular weight excluding hydrogens is 344 g/mol. The number of benzene rings is 1. The SMILES string of the molecule is CC[C@H](NC[C@@H](O)CN(c1c(C)cc(C)cc1C)S(C)(=O)=O)C(=O)O. The van der Waals surface area contributed by atoms with Gasteiger partial charge in [-0.15, -0.1) is 0 Å². The van der Waals surface area contributed by atoms with E-state index in [9.17, 15) is 18.3 Å². The van der Waals surface area contributed by atoms with Crippen molar-refractivity contribution >= 4 is 21.7 Å². The van der Waals surface area contributed by atoms with Gasteiger partial charge in [0.2, 0.25) is 10.0 Å². The zero-order chi connectivity index (χ0) is 19.4. The van der Waals surface area contributed by atoms with Crippen LogP contribution in [0.3, 0.4) is 0 Å². The van der Waals surface area contributed by atoms with Crippen LogP contribution in [0, 0.1) is 20.8 Å². The highest BCUT2D eigenvalue weighted by Crippen LogP contribution is 2.28. The lowest BCUT2D eigenvalue weighted by Gasteiger charge is -2.29. The second-order valence-electron chi connectivity index (χ2n) is 6.40. The highest BCUT2D eigenvalue weighted by atomic mass is 32.2. The maximum absolute atomic E-state index is 12.3. The molecule has 0 fully saturated rings. The third kappa shape index (κ3) is 5.98. The van der Waals surface area contributed by atoms with Gasteiger partial charge in [0.15, 0.2) is 0 Å². The van der Waals surface area contributed by atoms with E-state index in [1.54, 1.807) is 6.92 Å². The Kier molecular flexibility index (Phi) is 7.40. The van der Waals surface area contributed by atoms with Crippen LogP contribution in [0.15, 0.2) is 12.1 Å². The van der Waals surface area contributed by atoms with Crippen LogP contribution >= 0.6 is 0 Å². The Balaban J connectivity index is 3.01. The van der Waals surface area contributed by atoms with Crippen molar-refractivity contribution in [3.63, 3.8) is 0 Å². The number of sulfonamides is 1. The monoisotopic (exact) mass is 372 g/mol. The molecule has 0 spiro atoms. The van der Waals surface area contributed by atoms with Gasteiger partial charge in [0.1, 0.15) is 6.04 Å². The van der Waals surface area contributed by atoms with Crippen LogP contribution in [0.1, 0.15) is 30.0 Å². The number of hydrogen-bond acceptors (Lipinski definition) is 5. The van der Waals surface area contributed by atoms with Crippen LogP contribution in [0.4, 0.5) is 5.69 Å². The second-order valence-corrected chi connectivity index (χ2v) is 8.31. The van der Waals surface area contributed by atoms with Crippen molar-refractivity contribution in [2.75, 3.05) is 23.7 Å². The molecule has 3 N–H and O–H groups in total. The van der Waals surface area contributed by atoms with E-state index >= 15 is 0 Å². The van der Waals surface area contributed by atoms with Crippen LogP contribution in [-0.4, -0.2) is 56.1 Å². The average molecular weight is 372 g/mol. The van der Waals surface area contributed by atoms with Gasteiger partial charge < -0.3 is 15.5 Å². The summed E-state index contributed by atoms with van der Waals surface area (Å²) in [7, 11) is -3.60. The second kappa shape index (κ2) is 8.64. The number of carboxylic acids is 1. The zero-order valence-electron chi connectivity index (χ0n) is 15.4. The first-order valence-corrected chi connectivity index (χ1v) is 10.0. The quantitative estimate of drug-likeness (QED) is 0.601. The standard InChI is InChI=1S/C17H28N2O5S/c1-6-15(17(21)22)18-9-14(20)10-19(25(5,23)24)16-12(3)7-11(2)8-13(16)4/h7-8,14-15,18,20H,6,9-10H2,1-5H3,(H,21,22)/t14-,15+/m1/s1. The van der Waals surface area contributed by atoms with E-state index in [0.29, 0.717) is 12.1 Å². The van der Waals surface area contributed by atoms with Gasteiger partial charge in [0.25, 0.3) is 0 Å². The van der Waals surface area contributed by atoms with Gasteiger partial charge in [0.05, 0.1) is 24.6 Å². The van der Waals surface area contributed by atoms with E-state index < -0.39 is 28.1 Å². The molecule has 0 aliphatic heterocycles. The van der Waals surface area contributed by atoms with E-state index in [2.05, 4.69) is 5.32 Å². The Morgan fingerprint density at radius 1 is 1.24 bits per heavy atom. The van der Waals surface area contributed by atoms with Crippen molar-refractivity contribution in [2.24, 2.45) is 0 Å². The Morgan fingerprint density at radius 3 is 2.16 bits per heavy atom. The maximum Gasteiger partial charge on any atom is 0.320 e. The fraction of sp³-hybridized carbons (Fsp3) is 0.588. The van der Waals surface area contributed by atoms with Crippen molar-refractivity contribution < 1.29 is 23.4 Å². The summed E-state index contributed by atoms with van der Waals surface area (Å²) in [4.78, 5) is 11.0. The first-order valence-electron chi connectivity index (χ1n) is 8.17. The lowest BCUT2D eigenvalue weighted by atomic mass is 10.0. The Labute approximate surface area is 149 Å². The highest BCUT2D eigenvalue weighted by molar-refractivity contribution is 7.92. The fourth-order valence-corrected chi connectivity index (χ4v) is 3.96. The molecule has 0 aliphatic rings. The van der Waals surface area contributed by atoms with E-state index in [0.717, 1.165) is 22.9 Å². The molecule has 0 bridgehead atoms. The number of anilines is 1. The van der Waals surface area contributed by atoms with Gasteiger partial charge in [-0.3, -0.25) is 9.10 Å². The van der Waals surface area contributed by atoms with E-state index in [-0.39, 0.29) is 13.1 Å². The fourth-order valence-electron chi connectivity index (χ4n) is 2.90. The third-order valence-corrected chi connectivity index (χ3v) is 5.10. The molecule has 0 saturated heterocycles. The number of nitrogens with one attached hydrogen (secondary N) is 1. The van der Waals surface area contributed by atoms with Gasteiger partial charge >= 0.3 is 5.97 Å². The predicted octanol–water partition coefficient (Wildman–Crippen LogP) is 1.19. The summed E-state index contributed by atoms with van der Waals surface area (Å²) in [5.41, 5.74) is 3.19. The number of hydrogen-bond donors (Lipinski definition) is 3. The molecule has 1 aromatic carbocycles. The number of rotatable bonds is 9. The van der Waals surface area contributed by atoms with E-state index in [1.165, 1.54) is 4.31 Å². The topological polar surface area (TPSA) is 107 Å². The number of carbonyl (C=O) groups is 1. The molecule has 1 aromatic rings. The minimum absolute atomic E-state index is 0.0131. The van der Waals surface area contributed by atoms with Crippen LogP contribution in [0.25, 0.3) is 0 Å². The van der Waals surface area contributed by atoms with Gasteiger partial charge in [-0.1, -0.05) is 24.6 Å². The van der Waals surface area contributed by atoms with Gasteiger partial charge in [-0.2, -0.15) is 0 Å². The maximum atomic E-state index is 12.3. The molecule has 142 valence electrons. The van der Waals surface area contributed by atoms with Crippen molar-refractivity contribution in [2.45, 2.75) is 46.3 Å². The summed E-state index contributed by atoms with van der Waals surface area (Å²) >= 11 is 0. The molecule has 1 rings (SSSR count). The number of aliphatic carboxylic acids is 1. The molecule has 0 radical (unpaired) electrons. The molecule has 8 heteroatoms. The number of aryl methyl sites for hydroxylation is 3. The molecule has 0 aromatic heterocycles. The Bertz CT molecular complexity index is 695. The molecule has 0 heterocycles. The summed E-state index contributed by atoms with van der Waals surface area (Å²) in [5.74, 6) is -1.00. The summed E-state index contributed by atoms with van der Waals surface area (Å²) in [6, 6.07) is 3.01. The van der Waals surface area contributed by atoms with Crippen molar-refractivity contribution in [3.8, 4) is 0 Å². The van der Waals surface area contributed by atoms with Gasteiger partial charge in [-0.25, -0.2) is 8.42 Å². The lowest BCUT2D eigenvalue weighted by molar-refractivity contribution is -0.139. The summed E-state index contributed by atoms with van der Waals surface area (Å²) in [5, 5.41) is 22.0. The zero-order valence-corrected chi connectivity index (χ0v) is 16.2. The number of carboxylic acid groups (broad SMARTS) is 1. The smallest absolute Gasteiger partial charge is 0.320 e. The van der Waals surface area contributed by atoms with Gasteiger partial charge in [-0.05, 0) is 38.3 Å². The lowest BCUT2D eigenvalue weighted by Crippen LogP contribution is -2.45. The first kappa shape index (κ1) is 21.4. The van der Waals surface area contributed by atoms with Crippen molar-refractivity contribution in [1.82, 2.24) is 5.32 Å². The van der Waals surface area contributed by atoms with Crippen molar-refractivity contribution in [3.05, 3.63) is 28.8 Å². The van der Waals surface area contributed by atoms with Crippen LogP contribution in [0.5, 0.6) is 0 Å². The number of aliphatic hydroxyl groups is 1. The van der Waals surface area contributed by atoms with Crippen molar-refractivity contribution in [1.29, 1.82) is 0 Å². The van der Waals surface area contributed by atoms with E-state index in [1.807, 2.05) is 32.9 Å². The normalized spacial score (nSPS) is 14.2. The minimum Gasteiger partial charge on any atom is -0.480 e. The van der Waals surface area contributed by atoms with E-state index in [4.69, 9.17) is 5.11 Å².